The maximum atomic E-state index is 13.6. The van der Waals surface area contributed by atoms with Gasteiger partial charge in [-0.3, -0.25) is 10.3 Å². The Morgan fingerprint density at radius 3 is 3.04 bits per heavy atom. The molecule has 0 aliphatic carbocycles. The lowest BCUT2D eigenvalue weighted by Gasteiger charge is -2.37. The Labute approximate surface area is 147 Å². The maximum absolute atomic E-state index is 13.6. The smallest absolute Gasteiger partial charge is 0.133 e. The largest absolute Gasteiger partial charge is 0.361 e. The van der Waals surface area contributed by atoms with Crippen molar-refractivity contribution >= 4 is 0 Å². The van der Waals surface area contributed by atoms with E-state index < -0.39 is 0 Å². The molecule has 3 heterocycles. The second kappa shape index (κ2) is 7.23. The first kappa shape index (κ1) is 16.7. The van der Waals surface area contributed by atoms with E-state index in [4.69, 9.17) is 4.52 Å². The second-order valence-corrected chi connectivity index (χ2v) is 7.19. The van der Waals surface area contributed by atoms with Gasteiger partial charge in [0.2, 0.25) is 0 Å². The standard InChI is InChI=1S/C19H25FN4O/c1-13-9-17(23-25-13)18-7-2-3-8-24(18)12-15-11-21-22-19(15)14-5-4-6-16(20)10-14/h4-6,9-10,15,18-19,21-22H,2-3,7-8,11-12H2,1H3. The van der Waals surface area contributed by atoms with Gasteiger partial charge in [0.05, 0.1) is 12.1 Å². The number of halogens is 1. The number of likely N-dealkylation sites (tertiary alicyclic amines) is 1. The average Bonchev–Trinajstić information content (AvgIpc) is 3.24. The number of piperidine rings is 1. The van der Waals surface area contributed by atoms with Gasteiger partial charge in [0, 0.05) is 25.1 Å². The summed E-state index contributed by atoms with van der Waals surface area (Å²) in [5, 5.41) is 4.26. The monoisotopic (exact) mass is 344 g/mol. The highest BCUT2D eigenvalue weighted by Crippen LogP contribution is 2.34. The molecule has 1 aromatic heterocycles. The third-order valence-corrected chi connectivity index (χ3v) is 5.37. The summed E-state index contributed by atoms with van der Waals surface area (Å²) in [6.45, 7) is 4.84. The Balaban J connectivity index is 1.51. The van der Waals surface area contributed by atoms with E-state index in [0.717, 1.165) is 43.1 Å². The number of hydrazine groups is 1. The van der Waals surface area contributed by atoms with Gasteiger partial charge in [-0.05, 0) is 44.0 Å². The summed E-state index contributed by atoms with van der Waals surface area (Å²) in [4.78, 5) is 2.52. The predicted octanol–water partition coefficient (Wildman–Crippen LogP) is 3.11. The van der Waals surface area contributed by atoms with E-state index in [1.807, 2.05) is 13.0 Å². The minimum absolute atomic E-state index is 0.123. The summed E-state index contributed by atoms with van der Waals surface area (Å²) >= 11 is 0. The molecule has 0 saturated carbocycles. The number of nitrogens with zero attached hydrogens (tertiary/aromatic N) is 2. The van der Waals surface area contributed by atoms with E-state index >= 15 is 0 Å². The van der Waals surface area contributed by atoms with Crippen LogP contribution >= 0.6 is 0 Å². The highest BCUT2D eigenvalue weighted by Gasteiger charge is 2.34. The van der Waals surface area contributed by atoms with Crippen molar-refractivity contribution in [3.63, 3.8) is 0 Å². The van der Waals surface area contributed by atoms with Crippen LogP contribution in [0, 0.1) is 18.7 Å². The first-order valence-corrected chi connectivity index (χ1v) is 9.12. The topological polar surface area (TPSA) is 53.3 Å². The van der Waals surface area contributed by atoms with Gasteiger partial charge < -0.3 is 4.52 Å². The molecule has 0 radical (unpaired) electrons. The van der Waals surface area contributed by atoms with E-state index in [1.165, 1.54) is 18.9 Å². The SMILES string of the molecule is Cc1cc(C2CCCCN2CC2CNNC2c2cccc(F)c2)no1. The Morgan fingerprint density at radius 2 is 2.24 bits per heavy atom. The zero-order valence-corrected chi connectivity index (χ0v) is 14.5. The normalized spacial score (nSPS) is 27.7. The second-order valence-electron chi connectivity index (χ2n) is 7.19. The van der Waals surface area contributed by atoms with Gasteiger partial charge in [0.25, 0.3) is 0 Å². The van der Waals surface area contributed by atoms with Crippen molar-refractivity contribution in [2.24, 2.45) is 5.92 Å². The molecular formula is C19H25FN4O. The molecule has 5 nitrogen and oxygen atoms in total. The summed E-state index contributed by atoms with van der Waals surface area (Å²) in [5.41, 5.74) is 8.62. The predicted molar refractivity (Wildman–Crippen MR) is 93.2 cm³/mol. The third kappa shape index (κ3) is 3.61. The lowest BCUT2D eigenvalue weighted by Crippen LogP contribution is -2.39. The molecule has 1 aromatic carbocycles. The Bertz CT molecular complexity index is 719. The number of hydrogen-bond acceptors (Lipinski definition) is 5. The molecule has 6 heteroatoms. The lowest BCUT2D eigenvalue weighted by molar-refractivity contribution is 0.118. The van der Waals surface area contributed by atoms with Gasteiger partial charge in [-0.25, -0.2) is 9.82 Å². The molecule has 134 valence electrons. The van der Waals surface area contributed by atoms with Gasteiger partial charge >= 0.3 is 0 Å². The summed E-state index contributed by atoms with van der Waals surface area (Å²) in [6, 6.07) is 9.40. The number of hydrogen-bond donors (Lipinski definition) is 2. The van der Waals surface area contributed by atoms with Crippen LogP contribution in [0.15, 0.2) is 34.9 Å². The van der Waals surface area contributed by atoms with E-state index in [-0.39, 0.29) is 11.9 Å². The number of aryl methyl sites for hydroxylation is 1. The van der Waals surface area contributed by atoms with Crippen LogP contribution in [0.25, 0.3) is 0 Å². The third-order valence-electron chi connectivity index (χ3n) is 5.37. The van der Waals surface area contributed by atoms with Crippen LogP contribution in [-0.4, -0.2) is 29.7 Å². The maximum Gasteiger partial charge on any atom is 0.133 e. The van der Waals surface area contributed by atoms with Crippen molar-refractivity contribution in [2.75, 3.05) is 19.6 Å². The molecule has 3 unspecified atom stereocenters. The molecule has 3 atom stereocenters. The quantitative estimate of drug-likeness (QED) is 0.893. The van der Waals surface area contributed by atoms with Crippen LogP contribution in [0.4, 0.5) is 4.39 Å². The number of aromatic nitrogens is 1. The molecule has 0 bridgehead atoms. The van der Waals surface area contributed by atoms with Gasteiger partial charge in [0.15, 0.2) is 0 Å². The van der Waals surface area contributed by atoms with E-state index in [1.54, 1.807) is 12.1 Å². The molecule has 0 amide bonds. The number of benzene rings is 1. The molecule has 25 heavy (non-hydrogen) atoms. The summed E-state index contributed by atoms with van der Waals surface area (Å²) < 4.78 is 18.9. The van der Waals surface area contributed by atoms with Crippen molar-refractivity contribution in [1.82, 2.24) is 20.9 Å². The van der Waals surface area contributed by atoms with E-state index in [9.17, 15) is 4.39 Å². The van der Waals surface area contributed by atoms with Gasteiger partial charge in [-0.1, -0.05) is 23.7 Å². The zero-order valence-electron chi connectivity index (χ0n) is 14.5. The number of nitrogens with one attached hydrogen (secondary N) is 2. The molecule has 2 saturated heterocycles. The van der Waals surface area contributed by atoms with Crippen LogP contribution in [0.5, 0.6) is 0 Å². The van der Waals surface area contributed by atoms with E-state index in [0.29, 0.717) is 12.0 Å². The Hall–Kier alpha value is -1.76. The molecule has 2 aliphatic rings. The Morgan fingerprint density at radius 1 is 1.32 bits per heavy atom. The van der Waals surface area contributed by atoms with Crippen molar-refractivity contribution in [1.29, 1.82) is 0 Å². The summed E-state index contributed by atoms with van der Waals surface area (Å²) in [5.74, 6) is 1.07. The zero-order chi connectivity index (χ0) is 17.2. The van der Waals surface area contributed by atoms with Crippen LogP contribution in [0.1, 0.15) is 48.4 Å². The molecule has 2 aliphatic heterocycles. The van der Waals surface area contributed by atoms with Crippen molar-refractivity contribution in [3.8, 4) is 0 Å². The van der Waals surface area contributed by atoms with Gasteiger partial charge in [-0.2, -0.15) is 0 Å². The highest BCUT2D eigenvalue weighted by atomic mass is 19.1. The fourth-order valence-electron chi connectivity index (χ4n) is 4.15. The van der Waals surface area contributed by atoms with Crippen molar-refractivity contribution in [2.45, 2.75) is 38.3 Å². The van der Waals surface area contributed by atoms with E-state index in [2.05, 4.69) is 27.0 Å². The van der Waals surface area contributed by atoms with Crippen LogP contribution in [-0.2, 0) is 0 Å². The van der Waals surface area contributed by atoms with Crippen LogP contribution in [0.3, 0.4) is 0 Å². The first-order chi connectivity index (χ1) is 12.2. The first-order valence-electron chi connectivity index (χ1n) is 9.12. The lowest BCUT2D eigenvalue weighted by atomic mass is 9.91. The van der Waals surface area contributed by atoms with Crippen molar-refractivity contribution < 1.29 is 8.91 Å². The molecule has 2 N–H and O–H groups in total. The molecule has 2 fully saturated rings. The molecule has 0 spiro atoms. The molecular weight excluding hydrogens is 319 g/mol. The highest BCUT2D eigenvalue weighted by molar-refractivity contribution is 5.22. The average molecular weight is 344 g/mol. The van der Waals surface area contributed by atoms with Crippen molar-refractivity contribution in [3.05, 3.63) is 53.2 Å². The number of rotatable bonds is 4. The minimum atomic E-state index is -0.182. The fourth-order valence-corrected chi connectivity index (χ4v) is 4.15. The Kier molecular flexibility index (Phi) is 4.83. The summed E-state index contributed by atoms with van der Waals surface area (Å²) in [6.07, 6.45) is 3.55. The molecule has 4 rings (SSSR count). The van der Waals surface area contributed by atoms with Crippen LogP contribution < -0.4 is 10.9 Å². The fraction of sp³-hybridized carbons (Fsp3) is 0.526. The van der Waals surface area contributed by atoms with Crippen LogP contribution in [0.2, 0.25) is 0 Å². The minimum Gasteiger partial charge on any atom is -0.361 e. The van der Waals surface area contributed by atoms with Gasteiger partial charge in [0.1, 0.15) is 17.3 Å². The van der Waals surface area contributed by atoms with Gasteiger partial charge in [-0.15, -0.1) is 0 Å². The molecule has 2 aromatic rings. The summed E-state index contributed by atoms with van der Waals surface area (Å²) in [7, 11) is 0.